The van der Waals surface area contributed by atoms with Gasteiger partial charge in [-0.3, -0.25) is 9.59 Å². The van der Waals surface area contributed by atoms with Gasteiger partial charge < -0.3 is 4.90 Å². The van der Waals surface area contributed by atoms with Crippen molar-refractivity contribution in [3.8, 4) is 0 Å². The van der Waals surface area contributed by atoms with Crippen molar-refractivity contribution in [3.63, 3.8) is 0 Å². The van der Waals surface area contributed by atoms with E-state index in [1.807, 2.05) is 18.7 Å². The molecule has 1 amide bonds. The van der Waals surface area contributed by atoms with Crippen LogP contribution in [0.1, 0.15) is 33.1 Å². The number of carbonyl (C=O) groups is 2. The Morgan fingerprint density at radius 3 is 2.38 bits per heavy atom. The lowest BCUT2D eigenvalue weighted by Crippen LogP contribution is -2.69. The van der Waals surface area contributed by atoms with Crippen LogP contribution < -0.4 is 0 Å². The van der Waals surface area contributed by atoms with Crippen molar-refractivity contribution < 1.29 is 9.59 Å². The fourth-order valence-electron chi connectivity index (χ4n) is 2.25. The number of carbonyl (C=O) groups excluding carboxylic acids is 2. The van der Waals surface area contributed by atoms with E-state index in [9.17, 15) is 9.59 Å². The minimum Gasteiger partial charge on any atom is -0.336 e. The van der Waals surface area contributed by atoms with Crippen molar-refractivity contribution in [1.82, 2.24) is 4.90 Å². The van der Waals surface area contributed by atoms with Crippen LogP contribution in [0.3, 0.4) is 0 Å². The Balaban J connectivity index is 2.03. The first-order valence-electron chi connectivity index (χ1n) is 4.88. The summed E-state index contributed by atoms with van der Waals surface area (Å²) in [6, 6.07) is 0. The van der Waals surface area contributed by atoms with Crippen molar-refractivity contribution in [1.29, 1.82) is 0 Å². The number of amides is 1. The number of Topliss-reactive ketones (excluding diaryl/α,β-unsaturated/α-hetero) is 1. The second-order valence-corrected chi connectivity index (χ2v) is 4.51. The number of hydrogen-bond acceptors (Lipinski definition) is 2. The number of likely N-dealkylation sites (tertiary alicyclic amines) is 1. The van der Waals surface area contributed by atoms with Gasteiger partial charge >= 0.3 is 0 Å². The quantitative estimate of drug-likeness (QED) is 0.604. The number of ketones is 1. The van der Waals surface area contributed by atoms with Gasteiger partial charge in [0.2, 0.25) is 5.91 Å². The lowest BCUT2D eigenvalue weighted by molar-refractivity contribution is -0.165. The number of hydrogen-bond donors (Lipinski definition) is 0. The largest absolute Gasteiger partial charge is 0.336 e. The van der Waals surface area contributed by atoms with Gasteiger partial charge in [0, 0.05) is 25.3 Å². The molecule has 0 atom stereocenters. The highest BCUT2D eigenvalue weighted by Gasteiger charge is 2.55. The average molecular weight is 181 g/mol. The Labute approximate surface area is 78.1 Å². The zero-order valence-corrected chi connectivity index (χ0v) is 8.17. The van der Waals surface area contributed by atoms with Gasteiger partial charge in [-0.1, -0.05) is 13.8 Å². The maximum absolute atomic E-state index is 11.7. The van der Waals surface area contributed by atoms with Gasteiger partial charge in [0.1, 0.15) is 5.78 Å². The summed E-state index contributed by atoms with van der Waals surface area (Å²) in [5.74, 6) is 0.577. The Bertz CT molecular complexity index is 262. The third-order valence-electron chi connectivity index (χ3n) is 3.19. The molecule has 3 nitrogen and oxygen atoms in total. The molecule has 13 heavy (non-hydrogen) atoms. The van der Waals surface area contributed by atoms with Crippen LogP contribution in [0.4, 0.5) is 0 Å². The minimum atomic E-state index is -0.0293. The average Bonchev–Trinajstić information content (AvgIpc) is 1.95. The highest BCUT2D eigenvalue weighted by Crippen LogP contribution is 2.45. The predicted octanol–water partition coefficient (Wildman–Crippen LogP) is 0.976. The maximum atomic E-state index is 11.7. The summed E-state index contributed by atoms with van der Waals surface area (Å²) >= 11 is 0. The highest BCUT2D eigenvalue weighted by molar-refractivity contribution is 5.91. The third kappa shape index (κ3) is 1.10. The molecule has 0 aromatic rings. The lowest BCUT2D eigenvalue weighted by Gasteiger charge is -2.57. The van der Waals surface area contributed by atoms with Gasteiger partial charge in [0.15, 0.2) is 0 Å². The molecular weight excluding hydrogens is 166 g/mol. The predicted molar refractivity (Wildman–Crippen MR) is 48.1 cm³/mol. The van der Waals surface area contributed by atoms with E-state index in [1.165, 1.54) is 0 Å². The molecule has 2 fully saturated rings. The fourth-order valence-corrected chi connectivity index (χ4v) is 2.25. The second kappa shape index (κ2) is 2.56. The zero-order valence-electron chi connectivity index (χ0n) is 8.17. The van der Waals surface area contributed by atoms with Crippen molar-refractivity contribution in [2.75, 3.05) is 6.54 Å². The van der Waals surface area contributed by atoms with Gasteiger partial charge in [-0.15, -0.1) is 0 Å². The first-order chi connectivity index (χ1) is 6.05. The molecule has 0 unspecified atom stereocenters. The monoisotopic (exact) mass is 181 g/mol. The molecule has 1 saturated heterocycles. The summed E-state index contributed by atoms with van der Waals surface area (Å²) < 4.78 is 0. The van der Waals surface area contributed by atoms with Gasteiger partial charge in [0.25, 0.3) is 0 Å². The standard InChI is InChI=1S/C10H15NO2/c1-7(2)9(13)11-4-3-10(11)5-8(12)6-10/h7H,3-6H2,1-2H3. The Morgan fingerprint density at radius 1 is 1.46 bits per heavy atom. The molecule has 1 aliphatic heterocycles. The van der Waals surface area contributed by atoms with E-state index >= 15 is 0 Å². The molecule has 0 aromatic heterocycles. The van der Waals surface area contributed by atoms with Crippen molar-refractivity contribution in [3.05, 3.63) is 0 Å². The Morgan fingerprint density at radius 2 is 2.08 bits per heavy atom. The minimum absolute atomic E-state index is 0.0293. The molecule has 1 saturated carbocycles. The molecule has 72 valence electrons. The van der Waals surface area contributed by atoms with Crippen LogP contribution in [0.2, 0.25) is 0 Å². The van der Waals surface area contributed by atoms with E-state index in [1.54, 1.807) is 0 Å². The molecule has 1 aliphatic carbocycles. The molecule has 1 heterocycles. The first-order valence-corrected chi connectivity index (χ1v) is 4.88. The normalized spacial score (nSPS) is 24.5. The van der Waals surface area contributed by atoms with Gasteiger partial charge in [-0.2, -0.15) is 0 Å². The van der Waals surface area contributed by atoms with E-state index < -0.39 is 0 Å². The summed E-state index contributed by atoms with van der Waals surface area (Å²) in [4.78, 5) is 24.5. The van der Waals surface area contributed by atoms with Crippen LogP contribution in [0.25, 0.3) is 0 Å². The Hall–Kier alpha value is -0.860. The summed E-state index contributed by atoms with van der Waals surface area (Å²) in [5, 5.41) is 0. The van der Waals surface area contributed by atoms with Crippen LogP contribution in [0, 0.1) is 5.92 Å². The summed E-state index contributed by atoms with van der Waals surface area (Å²) in [6.07, 6.45) is 2.23. The fraction of sp³-hybridized carbons (Fsp3) is 0.800. The molecule has 0 N–H and O–H groups in total. The lowest BCUT2D eigenvalue weighted by atomic mass is 9.66. The zero-order chi connectivity index (χ0) is 9.64. The molecule has 2 rings (SSSR count). The first kappa shape index (κ1) is 8.73. The summed E-state index contributed by atoms with van der Waals surface area (Å²) in [5.41, 5.74) is -0.0293. The maximum Gasteiger partial charge on any atom is 0.225 e. The summed E-state index contributed by atoms with van der Waals surface area (Å²) in [7, 11) is 0. The third-order valence-corrected chi connectivity index (χ3v) is 3.19. The Kier molecular flexibility index (Phi) is 1.72. The molecule has 2 aliphatic rings. The molecule has 3 heteroatoms. The van der Waals surface area contributed by atoms with Crippen LogP contribution in [-0.2, 0) is 9.59 Å². The van der Waals surface area contributed by atoms with Crippen LogP contribution >= 0.6 is 0 Å². The van der Waals surface area contributed by atoms with Crippen molar-refractivity contribution in [2.24, 2.45) is 5.92 Å². The van der Waals surface area contributed by atoms with Gasteiger partial charge in [0.05, 0.1) is 5.54 Å². The number of nitrogens with zero attached hydrogens (tertiary/aromatic N) is 1. The van der Waals surface area contributed by atoms with E-state index in [-0.39, 0.29) is 17.4 Å². The van der Waals surface area contributed by atoms with Crippen molar-refractivity contribution >= 4 is 11.7 Å². The van der Waals surface area contributed by atoms with E-state index in [0.29, 0.717) is 18.6 Å². The van der Waals surface area contributed by atoms with Gasteiger partial charge in [-0.25, -0.2) is 0 Å². The smallest absolute Gasteiger partial charge is 0.225 e. The molecule has 0 aromatic carbocycles. The second-order valence-electron chi connectivity index (χ2n) is 4.51. The van der Waals surface area contributed by atoms with E-state index in [2.05, 4.69) is 0 Å². The van der Waals surface area contributed by atoms with Crippen LogP contribution in [-0.4, -0.2) is 28.7 Å². The van der Waals surface area contributed by atoms with Crippen LogP contribution in [0.5, 0.6) is 0 Å². The van der Waals surface area contributed by atoms with Crippen molar-refractivity contribution in [2.45, 2.75) is 38.6 Å². The molecular formula is C10H15NO2. The molecule has 1 spiro atoms. The summed E-state index contributed by atoms with van der Waals surface area (Å²) in [6.45, 7) is 4.67. The van der Waals surface area contributed by atoms with E-state index in [4.69, 9.17) is 0 Å². The molecule has 0 radical (unpaired) electrons. The topological polar surface area (TPSA) is 37.4 Å². The molecule has 0 bridgehead atoms. The van der Waals surface area contributed by atoms with E-state index in [0.717, 1.165) is 13.0 Å². The SMILES string of the molecule is CC(C)C(=O)N1CCC12CC(=O)C2. The van der Waals surface area contributed by atoms with Crippen LogP contribution in [0.15, 0.2) is 0 Å². The number of rotatable bonds is 1. The van der Waals surface area contributed by atoms with Gasteiger partial charge in [-0.05, 0) is 6.42 Å². The highest BCUT2D eigenvalue weighted by atomic mass is 16.2.